The van der Waals surface area contributed by atoms with Crippen LogP contribution in [0.1, 0.15) is 31.2 Å². The highest BCUT2D eigenvalue weighted by atomic mass is 32.1. The Morgan fingerprint density at radius 3 is 3.00 bits per heavy atom. The molecule has 0 fully saturated rings. The maximum Gasteiger partial charge on any atom is 0.202 e. The molecule has 0 amide bonds. The van der Waals surface area contributed by atoms with Gasteiger partial charge in [0.2, 0.25) is 5.13 Å². The molecule has 3 N–H and O–H groups in total. The van der Waals surface area contributed by atoms with Crippen LogP contribution in [0.3, 0.4) is 0 Å². The van der Waals surface area contributed by atoms with E-state index in [-0.39, 0.29) is 11.9 Å². The lowest BCUT2D eigenvalue weighted by molar-refractivity contribution is 0.626. The molecule has 0 bridgehead atoms. The number of nitrogens with one attached hydrogen (secondary N) is 1. The Kier molecular flexibility index (Phi) is 5.43. The molecule has 1 heterocycles. The zero-order chi connectivity index (χ0) is 14.4. The minimum Gasteiger partial charge on any atom is -0.356 e. The van der Waals surface area contributed by atoms with Gasteiger partial charge in [0.05, 0.1) is 0 Å². The summed E-state index contributed by atoms with van der Waals surface area (Å²) in [6.45, 7) is 2.70. The van der Waals surface area contributed by atoms with Gasteiger partial charge in [0, 0.05) is 30.5 Å². The molecule has 0 spiro atoms. The smallest absolute Gasteiger partial charge is 0.202 e. The van der Waals surface area contributed by atoms with Gasteiger partial charge in [-0.15, -0.1) is 0 Å². The van der Waals surface area contributed by atoms with E-state index in [0.29, 0.717) is 18.8 Å². The molecule has 0 saturated heterocycles. The second-order valence-electron chi connectivity index (χ2n) is 4.69. The van der Waals surface area contributed by atoms with Crippen LogP contribution >= 0.6 is 11.5 Å². The van der Waals surface area contributed by atoms with Gasteiger partial charge in [-0.25, -0.2) is 9.37 Å². The molecule has 6 heteroatoms. The van der Waals surface area contributed by atoms with Crippen molar-refractivity contribution < 1.29 is 4.39 Å². The van der Waals surface area contributed by atoms with E-state index in [1.807, 2.05) is 6.07 Å². The van der Waals surface area contributed by atoms with Gasteiger partial charge in [0.25, 0.3) is 0 Å². The van der Waals surface area contributed by atoms with Gasteiger partial charge in [-0.1, -0.05) is 25.5 Å². The van der Waals surface area contributed by atoms with Crippen LogP contribution in [-0.4, -0.2) is 21.9 Å². The van der Waals surface area contributed by atoms with Crippen molar-refractivity contribution in [1.82, 2.24) is 9.36 Å². The highest BCUT2D eigenvalue weighted by molar-refractivity contribution is 7.09. The number of aromatic nitrogens is 2. The largest absolute Gasteiger partial charge is 0.356 e. The van der Waals surface area contributed by atoms with Crippen molar-refractivity contribution >= 4 is 16.7 Å². The third-order valence-electron chi connectivity index (χ3n) is 2.97. The highest BCUT2D eigenvalue weighted by Gasteiger charge is 2.10. The van der Waals surface area contributed by atoms with E-state index in [4.69, 9.17) is 5.73 Å². The predicted octanol–water partition coefficient (Wildman–Crippen LogP) is 2.81. The van der Waals surface area contributed by atoms with E-state index in [0.717, 1.165) is 23.5 Å². The number of hydrogen-bond donors (Lipinski definition) is 2. The molecule has 1 aromatic carbocycles. The van der Waals surface area contributed by atoms with Crippen molar-refractivity contribution in [3.8, 4) is 0 Å². The van der Waals surface area contributed by atoms with Crippen LogP contribution in [0.5, 0.6) is 0 Å². The second kappa shape index (κ2) is 7.31. The van der Waals surface area contributed by atoms with Crippen LogP contribution in [-0.2, 0) is 6.42 Å². The molecule has 20 heavy (non-hydrogen) atoms. The van der Waals surface area contributed by atoms with Gasteiger partial charge in [-0.3, -0.25) is 0 Å². The SMILES string of the molecule is CCCC(CN)Nc1nc(Cc2cccc(F)c2)ns1. The summed E-state index contributed by atoms with van der Waals surface area (Å²) < 4.78 is 17.4. The molecular weight excluding hydrogens is 275 g/mol. The summed E-state index contributed by atoms with van der Waals surface area (Å²) in [5.41, 5.74) is 6.58. The van der Waals surface area contributed by atoms with Crippen molar-refractivity contribution in [2.75, 3.05) is 11.9 Å². The summed E-state index contributed by atoms with van der Waals surface area (Å²) >= 11 is 1.32. The molecule has 4 nitrogen and oxygen atoms in total. The number of nitrogens with zero attached hydrogens (tertiary/aromatic N) is 2. The molecular formula is C14H19FN4S. The number of anilines is 1. The average molecular weight is 294 g/mol. The summed E-state index contributed by atoms with van der Waals surface area (Å²) in [6.07, 6.45) is 2.62. The summed E-state index contributed by atoms with van der Waals surface area (Å²) in [5.74, 6) is 0.470. The van der Waals surface area contributed by atoms with E-state index in [1.54, 1.807) is 6.07 Å². The van der Waals surface area contributed by atoms with Crippen LogP contribution in [0.15, 0.2) is 24.3 Å². The summed E-state index contributed by atoms with van der Waals surface area (Å²) in [6, 6.07) is 6.74. The molecule has 108 valence electrons. The topological polar surface area (TPSA) is 63.8 Å². The standard InChI is InChI=1S/C14H19FN4S/c1-2-4-12(9-16)17-14-18-13(19-20-14)8-10-5-3-6-11(15)7-10/h3,5-7,12H,2,4,8-9,16H2,1H3,(H,17,18,19). The molecule has 1 unspecified atom stereocenters. The van der Waals surface area contributed by atoms with Crippen molar-refractivity contribution in [3.05, 3.63) is 41.5 Å². The van der Waals surface area contributed by atoms with Gasteiger partial charge >= 0.3 is 0 Å². The van der Waals surface area contributed by atoms with Crippen LogP contribution in [0.2, 0.25) is 0 Å². The lowest BCUT2D eigenvalue weighted by Crippen LogP contribution is -2.28. The van der Waals surface area contributed by atoms with Gasteiger partial charge in [-0.2, -0.15) is 4.37 Å². The minimum absolute atomic E-state index is 0.231. The number of benzene rings is 1. The first-order valence-electron chi connectivity index (χ1n) is 6.75. The minimum atomic E-state index is -0.234. The first kappa shape index (κ1) is 14.9. The molecule has 2 aromatic rings. The van der Waals surface area contributed by atoms with E-state index in [1.165, 1.54) is 23.7 Å². The first-order valence-corrected chi connectivity index (χ1v) is 7.52. The van der Waals surface area contributed by atoms with E-state index >= 15 is 0 Å². The van der Waals surface area contributed by atoms with Gasteiger partial charge < -0.3 is 11.1 Å². The lowest BCUT2D eigenvalue weighted by Gasteiger charge is -2.13. The van der Waals surface area contributed by atoms with Crippen molar-refractivity contribution in [1.29, 1.82) is 0 Å². The average Bonchev–Trinajstić information content (AvgIpc) is 2.85. The van der Waals surface area contributed by atoms with Crippen LogP contribution < -0.4 is 11.1 Å². The van der Waals surface area contributed by atoms with Crippen LogP contribution in [0, 0.1) is 5.82 Å². The van der Waals surface area contributed by atoms with Crippen LogP contribution in [0.4, 0.5) is 9.52 Å². The Morgan fingerprint density at radius 2 is 2.30 bits per heavy atom. The molecule has 1 atom stereocenters. The number of rotatable bonds is 7. The summed E-state index contributed by atoms with van der Waals surface area (Å²) in [4.78, 5) is 4.42. The zero-order valence-electron chi connectivity index (χ0n) is 11.5. The number of hydrogen-bond acceptors (Lipinski definition) is 5. The predicted molar refractivity (Wildman–Crippen MR) is 80.5 cm³/mol. The van der Waals surface area contributed by atoms with Gasteiger partial charge in [0.15, 0.2) is 0 Å². The zero-order valence-corrected chi connectivity index (χ0v) is 12.3. The Labute approximate surface area is 122 Å². The Bertz CT molecular complexity index is 543. The fourth-order valence-electron chi connectivity index (χ4n) is 1.99. The van der Waals surface area contributed by atoms with E-state index in [2.05, 4.69) is 21.6 Å². The summed E-state index contributed by atoms with van der Waals surface area (Å²) in [5, 5.41) is 4.07. The Morgan fingerprint density at radius 1 is 1.45 bits per heavy atom. The molecule has 0 aliphatic carbocycles. The molecule has 0 aliphatic heterocycles. The number of halogens is 1. The monoisotopic (exact) mass is 294 g/mol. The third kappa shape index (κ3) is 4.25. The number of nitrogens with two attached hydrogens (primary N) is 1. The fourth-order valence-corrected chi connectivity index (χ4v) is 2.65. The molecule has 0 radical (unpaired) electrons. The molecule has 0 saturated carbocycles. The molecule has 2 rings (SSSR count). The van der Waals surface area contributed by atoms with E-state index < -0.39 is 0 Å². The van der Waals surface area contributed by atoms with Crippen molar-refractivity contribution in [3.63, 3.8) is 0 Å². The normalized spacial score (nSPS) is 12.3. The van der Waals surface area contributed by atoms with Gasteiger partial charge in [0.1, 0.15) is 11.6 Å². The second-order valence-corrected chi connectivity index (χ2v) is 5.44. The maximum atomic E-state index is 13.1. The summed E-state index contributed by atoms with van der Waals surface area (Å²) in [7, 11) is 0. The third-order valence-corrected chi connectivity index (χ3v) is 3.65. The first-order chi connectivity index (χ1) is 9.71. The molecule has 0 aliphatic rings. The fraction of sp³-hybridized carbons (Fsp3) is 0.429. The van der Waals surface area contributed by atoms with Gasteiger partial charge in [-0.05, 0) is 24.1 Å². The van der Waals surface area contributed by atoms with Crippen molar-refractivity contribution in [2.45, 2.75) is 32.2 Å². The van der Waals surface area contributed by atoms with Crippen LogP contribution in [0.25, 0.3) is 0 Å². The Balaban J connectivity index is 1.98. The quantitative estimate of drug-likeness (QED) is 0.824. The van der Waals surface area contributed by atoms with Crippen molar-refractivity contribution in [2.24, 2.45) is 5.73 Å². The lowest BCUT2D eigenvalue weighted by atomic mass is 10.1. The highest BCUT2D eigenvalue weighted by Crippen LogP contribution is 2.16. The molecule has 1 aromatic heterocycles. The Hall–Kier alpha value is -1.53. The maximum absolute atomic E-state index is 13.1. The van der Waals surface area contributed by atoms with E-state index in [9.17, 15) is 4.39 Å².